The second-order valence-corrected chi connectivity index (χ2v) is 12.6. The van der Waals surface area contributed by atoms with Crippen LogP contribution in [0.5, 0.6) is 5.75 Å². The lowest BCUT2D eigenvalue weighted by atomic mass is 9.96. The fraction of sp³-hybridized carbons (Fsp3) is 0.314. The standard InChI is InChI=1S/C35H35N5O2S/c1-20(2)27-17-28(21(3)15-31(27)42-6)33-38-30-13-9-7-12-26(30)34(41)40(33)37-19-24-16-22(4)39(23(24)5)35-29(18-36)25-11-8-10-14-32(25)43-35/h7,9,12-13,15-17,19-20H,8,10-11,14H2,1-6H3. The van der Waals surface area contributed by atoms with Gasteiger partial charge in [0.1, 0.15) is 16.8 Å². The third-order valence-electron chi connectivity index (χ3n) is 8.44. The number of methoxy groups -OCH3 is 1. The molecule has 1 aliphatic rings. The minimum Gasteiger partial charge on any atom is -0.496 e. The van der Waals surface area contributed by atoms with E-state index >= 15 is 0 Å². The fourth-order valence-electron chi connectivity index (χ4n) is 6.15. The molecule has 1 aliphatic carbocycles. The molecule has 2 aromatic carbocycles. The van der Waals surface area contributed by atoms with Crippen molar-refractivity contribution in [2.75, 3.05) is 7.11 Å². The second kappa shape index (κ2) is 11.3. The third kappa shape index (κ3) is 4.88. The van der Waals surface area contributed by atoms with Gasteiger partial charge in [-0.3, -0.25) is 4.79 Å². The summed E-state index contributed by atoms with van der Waals surface area (Å²) in [6, 6.07) is 16.0. The molecule has 218 valence electrons. The van der Waals surface area contributed by atoms with Gasteiger partial charge in [-0.15, -0.1) is 11.3 Å². The molecule has 0 aliphatic heterocycles. The van der Waals surface area contributed by atoms with E-state index in [-0.39, 0.29) is 11.5 Å². The number of para-hydroxylation sites is 1. The van der Waals surface area contributed by atoms with Crippen molar-refractivity contribution in [1.29, 1.82) is 5.26 Å². The van der Waals surface area contributed by atoms with Gasteiger partial charge in [-0.2, -0.15) is 15.0 Å². The number of fused-ring (bicyclic) bond motifs is 2. The Balaban J connectivity index is 1.52. The van der Waals surface area contributed by atoms with Gasteiger partial charge in [0.2, 0.25) is 0 Å². The molecule has 7 nitrogen and oxygen atoms in total. The zero-order chi connectivity index (χ0) is 30.4. The lowest BCUT2D eigenvalue weighted by molar-refractivity contribution is 0.407. The molecule has 0 saturated heterocycles. The van der Waals surface area contributed by atoms with Gasteiger partial charge in [0.25, 0.3) is 5.56 Å². The number of hydrogen-bond donors (Lipinski definition) is 0. The Bertz CT molecular complexity index is 2020. The highest BCUT2D eigenvalue weighted by molar-refractivity contribution is 7.15. The summed E-state index contributed by atoms with van der Waals surface area (Å²) in [6.45, 7) is 10.3. The summed E-state index contributed by atoms with van der Waals surface area (Å²) in [7, 11) is 1.68. The van der Waals surface area contributed by atoms with E-state index in [1.54, 1.807) is 30.7 Å². The molecule has 0 fully saturated rings. The highest BCUT2D eigenvalue weighted by Crippen LogP contribution is 2.38. The summed E-state index contributed by atoms with van der Waals surface area (Å²) >= 11 is 1.73. The van der Waals surface area contributed by atoms with Crippen molar-refractivity contribution in [3.8, 4) is 28.2 Å². The number of ether oxygens (including phenoxy) is 1. The van der Waals surface area contributed by atoms with E-state index in [0.717, 1.165) is 69.2 Å². The van der Waals surface area contributed by atoms with E-state index in [9.17, 15) is 10.1 Å². The molecular weight excluding hydrogens is 554 g/mol. The van der Waals surface area contributed by atoms with Crippen molar-refractivity contribution in [2.24, 2.45) is 5.10 Å². The van der Waals surface area contributed by atoms with Gasteiger partial charge in [-0.25, -0.2) is 4.98 Å². The second-order valence-electron chi connectivity index (χ2n) is 11.5. The molecule has 0 spiro atoms. The Labute approximate surface area is 255 Å². The van der Waals surface area contributed by atoms with E-state index in [2.05, 4.69) is 36.6 Å². The van der Waals surface area contributed by atoms with Crippen LogP contribution in [0.15, 0.2) is 52.4 Å². The predicted molar refractivity (Wildman–Crippen MR) is 174 cm³/mol. The van der Waals surface area contributed by atoms with E-state index < -0.39 is 0 Å². The maximum absolute atomic E-state index is 13.9. The van der Waals surface area contributed by atoms with Crippen molar-refractivity contribution >= 4 is 28.5 Å². The van der Waals surface area contributed by atoms with E-state index in [1.807, 2.05) is 45.0 Å². The van der Waals surface area contributed by atoms with E-state index in [1.165, 1.54) is 21.5 Å². The molecule has 0 unspecified atom stereocenters. The topological polar surface area (TPSA) is 85.2 Å². The molecule has 0 atom stereocenters. The molecular formula is C35H35N5O2S. The first-order valence-electron chi connectivity index (χ1n) is 14.7. The molecule has 43 heavy (non-hydrogen) atoms. The molecule has 0 saturated carbocycles. The van der Waals surface area contributed by atoms with Crippen LogP contribution in [-0.4, -0.2) is 27.6 Å². The van der Waals surface area contributed by atoms with Crippen LogP contribution < -0.4 is 10.3 Å². The minimum atomic E-state index is -0.232. The SMILES string of the molecule is COc1cc(C)c(-c2nc3ccccc3c(=O)n2N=Cc2cc(C)n(-c3sc4c(c3C#N)CCCC4)c2C)cc1C(C)C. The molecule has 3 aromatic heterocycles. The Hall–Kier alpha value is -4.48. The predicted octanol–water partition coefficient (Wildman–Crippen LogP) is 7.61. The van der Waals surface area contributed by atoms with Crippen LogP contribution in [0.1, 0.15) is 76.7 Å². The van der Waals surface area contributed by atoms with Crippen molar-refractivity contribution in [1.82, 2.24) is 14.2 Å². The average molecular weight is 590 g/mol. The van der Waals surface area contributed by atoms with Gasteiger partial charge in [0.15, 0.2) is 5.82 Å². The van der Waals surface area contributed by atoms with E-state index in [0.29, 0.717) is 16.7 Å². The van der Waals surface area contributed by atoms with Crippen molar-refractivity contribution < 1.29 is 4.74 Å². The maximum atomic E-state index is 13.9. The molecule has 0 N–H and O–H groups in total. The minimum absolute atomic E-state index is 0.213. The van der Waals surface area contributed by atoms with E-state index in [4.69, 9.17) is 14.8 Å². The number of aromatic nitrogens is 3. The van der Waals surface area contributed by atoms with Crippen molar-refractivity contribution in [2.45, 2.75) is 66.2 Å². The number of hydrogen-bond acceptors (Lipinski definition) is 6. The summed E-state index contributed by atoms with van der Waals surface area (Å²) in [6.07, 6.45) is 6.03. The maximum Gasteiger partial charge on any atom is 0.282 e. The lowest BCUT2D eigenvalue weighted by Gasteiger charge is -2.17. The smallest absolute Gasteiger partial charge is 0.282 e. The molecule has 0 bridgehead atoms. The number of nitriles is 1. The Kier molecular flexibility index (Phi) is 7.53. The van der Waals surface area contributed by atoms with Gasteiger partial charge in [0.05, 0.1) is 29.8 Å². The summed E-state index contributed by atoms with van der Waals surface area (Å²) in [5.41, 5.74) is 8.08. The number of rotatable bonds is 6. The highest BCUT2D eigenvalue weighted by Gasteiger charge is 2.24. The molecule has 6 rings (SSSR count). The first-order valence-corrected chi connectivity index (χ1v) is 15.5. The van der Waals surface area contributed by atoms with Gasteiger partial charge < -0.3 is 9.30 Å². The van der Waals surface area contributed by atoms with Gasteiger partial charge >= 0.3 is 0 Å². The molecule has 0 radical (unpaired) electrons. The number of nitrogens with zero attached hydrogens (tertiary/aromatic N) is 5. The summed E-state index contributed by atoms with van der Waals surface area (Å²) in [4.78, 5) is 20.2. The van der Waals surface area contributed by atoms with Crippen LogP contribution >= 0.6 is 11.3 Å². The summed E-state index contributed by atoms with van der Waals surface area (Å²) in [5.74, 6) is 1.51. The first-order chi connectivity index (χ1) is 20.7. The van der Waals surface area contributed by atoms with Crippen LogP contribution in [0.2, 0.25) is 0 Å². The third-order valence-corrected chi connectivity index (χ3v) is 9.72. The molecule has 5 aromatic rings. The molecule has 0 amide bonds. The van der Waals surface area contributed by atoms with Crippen LogP contribution in [0, 0.1) is 32.1 Å². The zero-order valence-corrected chi connectivity index (χ0v) is 26.3. The number of thiophene rings is 1. The quantitative estimate of drug-likeness (QED) is 0.191. The Morgan fingerprint density at radius 2 is 1.88 bits per heavy atom. The van der Waals surface area contributed by atoms with Crippen LogP contribution in [0.25, 0.3) is 27.3 Å². The Morgan fingerprint density at radius 3 is 2.63 bits per heavy atom. The fourth-order valence-corrected chi connectivity index (χ4v) is 7.60. The summed E-state index contributed by atoms with van der Waals surface area (Å²) in [5, 5.41) is 16.4. The van der Waals surface area contributed by atoms with Crippen LogP contribution in [-0.2, 0) is 12.8 Å². The Morgan fingerprint density at radius 1 is 1.12 bits per heavy atom. The van der Waals surface area contributed by atoms with Crippen LogP contribution in [0.3, 0.4) is 0 Å². The van der Waals surface area contributed by atoms with Crippen molar-refractivity contribution in [3.05, 3.63) is 96.9 Å². The molecule has 3 heterocycles. The number of benzene rings is 2. The van der Waals surface area contributed by atoms with Gasteiger partial charge in [0, 0.05) is 27.4 Å². The van der Waals surface area contributed by atoms with Crippen molar-refractivity contribution in [3.63, 3.8) is 0 Å². The normalized spacial score (nSPS) is 13.2. The number of aryl methyl sites for hydroxylation is 3. The van der Waals surface area contributed by atoms with Gasteiger partial charge in [-0.1, -0.05) is 26.0 Å². The first kappa shape index (κ1) is 28.6. The summed E-state index contributed by atoms with van der Waals surface area (Å²) < 4.78 is 9.25. The van der Waals surface area contributed by atoms with Gasteiger partial charge in [-0.05, 0) is 99.4 Å². The molecule has 8 heteroatoms. The lowest BCUT2D eigenvalue weighted by Crippen LogP contribution is -2.21. The largest absolute Gasteiger partial charge is 0.496 e. The van der Waals surface area contributed by atoms with Crippen LogP contribution in [0.4, 0.5) is 0 Å². The highest BCUT2D eigenvalue weighted by atomic mass is 32.1. The zero-order valence-electron chi connectivity index (χ0n) is 25.5. The monoisotopic (exact) mass is 589 g/mol. The average Bonchev–Trinajstić information content (AvgIpc) is 3.51.